The fourth-order valence-electron chi connectivity index (χ4n) is 3.52. The molecule has 98 valence electrons. The van der Waals surface area contributed by atoms with E-state index in [2.05, 4.69) is 29.2 Å². The molecule has 0 aromatic heterocycles. The molecular weight excluding hydrogens is 222 g/mol. The maximum absolute atomic E-state index is 9.69. The lowest BCUT2D eigenvalue weighted by molar-refractivity contribution is 0.0691. The zero-order valence-corrected chi connectivity index (χ0v) is 11.0. The van der Waals surface area contributed by atoms with E-state index in [9.17, 15) is 5.11 Å². The molecule has 1 aromatic rings. The lowest BCUT2D eigenvalue weighted by Gasteiger charge is -2.30. The number of nitrogens with zero attached hydrogens (tertiary/aromatic N) is 1. The number of aryl methyl sites for hydroxylation is 1. The summed E-state index contributed by atoms with van der Waals surface area (Å²) in [6.45, 7) is 3.20. The number of fused-ring (bicyclic) bond motifs is 1. The maximum atomic E-state index is 9.69. The Morgan fingerprint density at radius 2 is 2.11 bits per heavy atom. The van der Waals surface area contributed by atoms with Crippen LogP contribution in [0.3, 0.4) is 0 Å². The second-order valence-electron chi connectivity index (χ2n) is 5.82. The first-order chi connectivity index (χ1) is 8.83. The van der Waals surface area contributed by atoms with Crippen LogP contribution in [-0.2, 0) is 6.42 Å². The number of aliphatic hydroxyl groups excluding tert-OH is 1. The Morgan fingerprint density at radius 3 is 3.00 bits per heavy atom. The van der Waals surface area contributed by atoms with Gasteiger partial charge >= 0.3 is 0 Å². The molecule has 1 fully saturated rings. The highest BCUT2D eigenvalue weighted by Gasteiger charge is 2.23. The van der Waals surface area contributed by atoms with Crippen LogP contribution in [0.1, 0.15) is 42.7 Å². The molecule has 2 atom stereocenters. The van der Waals surface area contributed by atoms with Crippen LogP contribution < -0.4 is 0 Å². The van der Waals surface area contributed by atoms with Gasteiger partial charge in [0, 0.05) is 6.54 Å². The molecule has 1 aromatic carbocycles. The summed E-state index contributed by atoms with van der Waals surface area (Å²) in [7, 11) is 0. The number of β-amino-alcohol motifs (C(OH)–C–C–N with tert-alkyl or cyclic N) is 1. The first-order valence-corrected chi connectivity index (χ1v) is 7.31. The van der Waals surface area contributed by atoms with Gasteiger partial charge in [0.05, 0.1) is 6.10 Å². The minimum Gasteiger partial charge on any atom is -0.392 e. The highest BCUT2D eigenvalue weighted by molar-refractivity contribution is 5.34. The van der Waals surface area contributed by atoms with Gasteiger partial charge in [-0.2, -0.15) is 0 Å². The summed E-state index contributed by atoms with van der Waals surface area (Å²) in [5, 5.41) is 9.69. The third kappa shape index (κ3) is 2.60. The molecule has 0 amide bonds. The van der Waals surface area contributed by atoms with E-state index in [4.69, 9.17) is 0 Å². The number of hydrogen-bond donors (Lipinski definition) is 1. The van der Waals surface area contributed by atoms with E-state index >= 15 is 0 Å². The molecule has 1 heterocycles. The van der Waals surface area contributed by atoms with Crippen molar-refractivity contribution in [3.63, 3.8) is 0 Å². The number of piperidine rings is 1. The second kappa shape index (κ2) is 5.41. The summed E-state index contributed by atoms with van der Waals surface area (Å²) in [6, 6.07) is 8.90. The zero-order valence-electron chi connectivity index (χ0n) is 11.0. The van der Waals surface area contributed by atoms with Gasteiger partial charge in [0.1, 0.15) is 0 Å². The summed E-state index contributed by atoms with van der Waals surface area (Å²) < 4.78 is 0. The van der Waals surface area contributed by atoms with Crippen LogP contribution in [0, 0.1) is 0 Å². The Morgan fingerprint density at radius 1 is 1.22 bits per heavy atom. The third-order valence-electron chi connectivity index (χ3n) is 4.53. The van der Waals surface area contributed by atoms with Crippen molar-refractivity contribution >= 4 is 0 Å². The summed E-state index contributed by atoms with van der Waals surface area (Å²) in [4.78, 5) is 2.44. The van der Waals surface area contributed by atoms with Gasteiger partial charge in [-0.25, -0.2) is 0 Å². The van der Waals surface area contributed by atoms with Gasteiger partial charge in [0.2, 0.25) is 0 Å². The van der Waals surface area contributed by atoms with Crippen LogP contribution in [0.15, 0.2) is 24.3 Å². The lowest BCUT2D eigenvalue weighted by Crippen LogP contribution is -2.39. The minimum absolute atomic E-state index is 0.0883. The number of aliphatic hydroxyl groups is 1. The molecular formula is C16H23NO. The third-order valence-corrected chi connectivity index (χ3v) is 4.53. The maximum Gasteiger partial charge on any atom is 0.0667 e. The van der Waals surface area contributed by atoms with Crippen LogP contribution in [0.4, 0.5) is 0 Å². The Labute approximate surface area is 110 Å². The van der Waals surface area contributed by atoms with Crippen LogP contribution in [0.2, 0.25) is 0 Å². The molecule has 0 spiro atoms. The molecule has 2 nitrogen and oxygen atoms in total. The Bertz CT molecular complexity index is 404. The van der Waals surface area contributed by atoms with Crippen LogP contribution in [0.5, 0.6) is 0 Å². The van der Waals surface area contributed by atoms with Crippen molar-refractivity contribution in [3.8, 4) is 0 Å². The highest BCUT2D eigenvalue weighted by atomic mass is 16.3. The van der Waals surface area contributed by atoms with Gasteiger partial charge in [0.15, 0.2) is 0 Å². The van der Waals surface area contributed by atoms with Crippen molar-refractivity contribution in [2.24, 2.45) is 0 Å². The summed E-state index contributed by atoms with van der Waals surface area (Å²) >= 11 is 0. The molecule has 1 saturated heterocycles. The first-order valence-electron chi connectivity index (χ1n) is 7.31. The SMILES string of the molecule is OC1CCCN(CCC2CCc3ccccc32)C1. The summed E-state index contributed by atoms with van der Waals surface area (Å²) in [5.41, 5.74) is 3.14. The summed E-state index contributed by atoms with van der Waals surface area (Å²) in [5.74, 6) is 0.750. The molecule has 2 aliphatic rings. The topological polar surface area (TPSA) is 23.5 Å². The Balaban J connectivity index is 1.55. The first kappa shape index (κ1) is 12.2. The van der Waals surface area contributed by atoms with Gasteiger partial charge in [0.25, 0.3) is 0 Å². The van der Waals surface area contributed by atoms with E-state index in [0.29, 0.717) is 0 Å². The van der Waals surface area contributed by atoms with E-state index in [-0.39, 0.29) is 6.10 Å². The van der Waals surface area contributed by atoms with Gasteiger partial charge in [-0.3, -0.25) is 0 Å². The summed E-state index contributed by atoms with van der Waals surface area (Å²) in [6.07, 6.45) is 5.88. The lowest BCUT2D eigenvalue weighted by atomic mass is 9.97. The van der Waals surface area contributed by atoms with Gasteiger partial charge < -0.3 is 10.0 Å². The largest absolute Gasteiger partial charge is 0.392 e. The molecule has 0 radical (unpaired) electrons. The van der Waals surface area contributed by atoms with Crippen LogP contribution >= 0.6 is 0 Å². The fourth-order valence-corrected chi connectivity index (χ4v) is 3.52. The van der Waals surface area contributed by atoms with Crippen molar-refractivity contribution in [3.05, 3.63) is 35.4 Å². The average molecular weight is 245 g/mol. The van der Waals surface area contributed by atoms with Crippen molar-refractivity contribution in [1.82, 2.24) is 4.90 Å². The normalized spacial score (nSPS) is 28.3. The predicted molar refractivity (Wildman–Crippen MR) is 73.8 cm³/mol. The van der Waals surface area contributed by atoms with Crippen molar-refractivity contribution in [1.29, 1.82) is 0 Å². The molecule has 2 heteroatoms. The molecule has 1 N–H and O–H groups in total. The van der Waals surface area contributed by atoms with Crippen molar-refractivity contribution in [2.75, 3.05) is 19.6 Å². The molecule has 18 heavy (non-hydrogen) atoms. The number of likely N-dealkylation sites (tertiary alicyclic amines) is 1. The van der Waals surface area contributed by atoms with E-state index < -0.39 is 0 Å². The van der Waals surface area contributed by atoms with E-state index in [0.717, 1.165) is 31.8 Å². The smallest absolute Gasteiger partial charge is 0.0667 e. The van der Waals surface area contributed by atoms with Crippen molar-refractivity contribution < 1.29 is 5.11 Å². The Kier molecular flexibility index (Phi) is 3.67. The fraction of sp³-hybridized carbons (Fsp3) is 0.625. The van der Waals surface area contributed by atoms with E-state index in [1.165, 1.54) is 25.8 Å². The van der Waals surface area contributed by atoms with Gasteiger partial charge in [-0.15, -0.1) is 0 Å². The average Bonchev–Trinajstić information content (AvgIpc) is 2.80. The molecule has 0 bridgehead atoms. The molecule has 1 aliphatic heterocycles. The van der Waals surface area contributed by atoms with Crippen LogP contribution in [0.25, 0.3) is 0 Å². The number of benzene rings is 1. The van der Waals surface area contributed by atoms with Crippen LogP contribution in [-0.4, -0.2) is 35.7 Å². The zero-order chi connectivity index (χ0) is 12.4. The molecule has 2 unspecified atom stereocenters. The number of rotatable bonds is 3. The number of hydrogen-bond acceptors (Lipinski definition) is 2. The molecule has 3 rings (SSSR count). The van der Waals surface area contributed by atoms with E-state index in [1.54, 1.807) is 11.1 Å². The Hall–Kier alpha value is -0.860. The second-order valence-corrected chi connectivity index (χ2v) is 5.82. The molecule has 0 saturated carbocycles. The van der Waals surface area contributed by atoms with Gasteiger partial charge in [-0.1, -0.05) is 24.3 Å². The molecule has 1 aliphatic carbocycles. The quantitative estimate of drug-likeness (QED) is 0.884. The van der Waals surface area contributed by atoms with Crippen molar-refractivity contribution in [2.45, 2.75) is 44.1 Å². The van der Waals surface area contributed by atoms with E-state index in [1.807, 2.05) is 0 Å². The highest BCUT2D eigenvalue weighted by Crippen LogP contribution is 2.35. The standard InChI is InChI=1S/C16H23NO/c18-15-5-3-10-17(12-15)11-9-14-8-7-13-4-1-2-6-16(13)14/h1-2,4,6,14-15,18H,3,5,7-12H2. The predicted octanol–water partition coefficient (Wildman–Crippen LogP) is 2.56. The monoisotopic (exact) mass is 245 g/mol. The van der Waals surface area contributed by atoms with Gasteiger partial charge in [-0.05, 0) is 62.2 Å². The minimum atomic E-state index is -0.0883.